The summed E-state index contributed by atoms with van der Waals surface area (Å²) in [6.07, 6.45) is 0. The third-order valence-electron chi connectivity index (χ3n) is 2.46. The molecule has 0 bridgehead atoms. The van der Waals surface area contributed by atoms with Crippen molar-refractivity contribution in [2.75, 3.05) is 5.73 Å². The van der Waals surface area contributed by atoms with E-state index in [0.717, 1.165) is 11.6 Å². The summed E-state index contributed by atoms with van der Waals surface area (Å²) < 4.78 is 18.7. The number of ether oxygens (including phenoxy) is 1. The molecule has 2 aromatic carbocycles. The zero-order valence-electron chi connectivity index (χ0n) is 9.56. The van der Waals surface area contributed by atoms with Crippen LogP contribution in [0.2, 0.25) is 0 Å². The van der Waals surface area contributed by atoms with Gasteiger partial charge in [0.1, 0.15) is 24.2 Å². The highest BCUT2D eigenvalue weighted by Crippen LogP contribution is 2.24. The summed E-state index contributed by atoms with van der Waals surface area (Å²) in [5.41, 5.74) is 6.52. The van der Waals surface area contributed by atoms with Crippen molar-refractivity contribution in [3.8, 4) is 11.8 Å². The zero-order valence-corrected chi connectivity index (χ0v) is 9.56. The second-order valence-corrected chi connectivity index (χ2v) is 3.76. The molecule has 90 valence electrons. The van der Waals surface area contributed by atoms with E-state index >= 15 is 0 Å². The lowest BCUT2D eigenvalue weighted by Crippen LogP contribution is -2.00. The summed E-state index contributed by atoms with van der Waals surface area (Å²) in [6, 6.07) is 13.8. The van der Waals surface area contributed by atoms with Crippen LogP contribution in [0, 0.1) is 17.1 Å². The van der Waals surface area contributed by atoms with Crippen molar-refractivity contribution in [3.05, 3.63) is 59.4 Å². The summed E-state index contributed by atoms with van der Waals surface area (Å²) in [4.78, 5) is 0. The molecule has 0 saturated carbocycles. The van der Waals surface area contributed by atoms with E-state index < -0.39 is 5.82 Å². The summed E-state index contributed by atoms with van der Waals surface area (Å²) >= 11 is 0. The molecule has 0 unspecified atom stereocenters. The number of benzene rings is 2. The minimum Gasteiger partial charge on any atom is -0.487 e. The van der Waals surface area contributed by atoms with Crippen molar-refractivity contribution in [1.82, 2.24) is 0 Å². The van der Waals surface area contributed by atoms with Crippen LogP contribution in [0.3, 0.4) is 0 Å². The molecule has 0 aliphatic heterocycles. The van der Waals surface area contributed by atoms with Crippen LogP contribution >= 0.6 is 0 Å². The lowest BCUT2D eigenvalue weighted by molar-refractivity contribution is 0.305. The molecule has 3 nitrogen and oxygen atoms in total. The molecule has 0 aliphatic carbocycles. The summed E-state index contributed by atoms with van der Waals surface area (Å²) in [6.45, 7) is 0.306. The third kappa shape index (κ3) is 2.58. The molecular weight excluding hydrogens is 231 g/mol. The van der Waals surface area contributed by atoms with E-state index in [4.69, 9.17) is 15.7 Å². The van der Waals surface area contributed by atoms with E-state index in [1.165, 1.54) is 6.07 Å². The Bertz CT molecular complexity index is 591. The van der Waals surface area contributed by atoms with Gasteiger partial charge in [-0.3, -0.25) is 0 Å². The molecule has 0 spiro atoms. The fourth-order valence-corrected chi connectivity index (χ4v) is 1.51. The Labute approximate surface area is 104 Å². The second kappa shape index (κ2) is 5.19. The largest absolute Gasteiger partial charge is 0.487 e. The maximum absolute atomic E-state index is 13.2. The average Bonchev–Trinajstić information content (AvgIpc) is 2.41. The monoisotopic (exact) mass is 242 g/mol. The predicted molar refractivity (Wildman–Crippen MR) is 66.3 cm³/mol. The number of nitrogen functional groups attached to an aromatic ring is 1. The normalized spacial score (nSPS) is 9.78. The van der Waals surface area contributed by atoms with E-state index in [1.807, 2.05) is 36.4 Å². The Kier molecular flexibility index (Phi) is 3.44. The smallest absolute Gasteiger partial charge is 0.147 e. The van der Waals surface area contributed by atoms with Crippen molar-refractivity contribution < 1.29 is 9.13 Å². The molecule has 2 aromatic rings. The molecule has 2 N–H and O–H groups in total. The lowest BCUT2D eigenvalue weighted by Gasteiger charge is -2.09. The predicted octanol–water partition coefficient (Wildman–Crippen LogP) is 2.86. The van der Waals surface area contributed by atoms with E-state index in [9.17, 15) is 4.39 Å². The topological polar surface area (TPSA) is 59.0 Å². The Balaban J connectivity index is 2.19. The first-order chi connectivity index (χ1) is 8.70. The second-order valence-electron chi connectivity index (χ2n) is 3.76. The molecule has 0 aromatic heterocycles. The van der Waals surface area contributed by atoms with Gasteiger partial charge in [-0.05, 0) is 11.6 Å². The van der Waals surface area contributed by atoms with Crippen molar-refractivity contribution in [2.45, 2.75) is 6.61 Å². The number of nitriles is 1. The molecule has 0 saturated heterocycles. The molecule has 0 fully saturated rings. The summed E-state index contributed by atoms with van der Waals surface area (Å²) in [5, 5.41) is 8.89. The Morgan fingerprint density at radius 3 is 2.61 bits per heavy atom. The van der Waals surface area contributed by atoms with E-state index in [0.29, 0.717) is 12.4 Å². The quantitative estimate of drug-likeness (QED) is 0.842. The highest BCUT2D eigenvalue weighted by atomic mass is 19.1. The molecule has 0 amide bonds. The Morgan fingerprint density at radius 1 is 1.22 bits per heavy atom. The molecule has 0 atom stereocenters. The van der Waals surface area contributed by atoms with Gasteiger partial charge in [0.05, 0.1) is 11.3 Å². The van der Waals surface area contributed by atoms with Crippen LogP contribution in [0.15, 0.2) is 42.5 Å². The van der Waals surface area contributed by atoms with Gasteiger partial charge in [0.2, 0.25) is 0 Å². The summed E-state index contributed by atoms with van der Waals surface area (Å²) in [7, 11) is 0. The summed E-state index contributed by atoms with van der Waals surface area (Å²) in [5.74, 6) is -0.320. The van der Waals surface area contributed by atoms with Crippen LogP contribution in [-0.4, -0.2) is 0 Å². The van der Waals surface area contributed by atoms with Gasteiger partial charge in [-0.2, -0.15) is 5.26 Å². The van der Waals surface area contributed by atoms with Gasteiger partial charge in [0, 0.05) is 6.07 Å². The highest BCUT2D eigenvalue weighted by molar-refractivity contribution is 5.54. The SMILES string of the molecule is N#Cc1cc(F)c(N)cc1OCc1ccccc1. The van der Waals surface area contributed by atoms with Crippen LogP contribution in [0.5, 0.6) is 5.75 Å². The van der Waals surface area contributed by atoms with Gasteiger partial charge in [-0.1, -0.05) is 30.3 Å². The van der Waals surface area contributed by atoms with Crippen LogP contribution in [0.1, 0.15) is 11.1 Å². The molecule has 0 aliphatic rings. The fourth-order valence-electron chi connectivity index (χ4n) is 1.51. The molecule has 2 rings (SSSR count). The number of nitrogens with two attached hydrogens (primary N) is 1. The molecule has 0 radical (unpaired) electrons. The van der Waals surface area contributed by atoms with Gasteiger partial charge in [0.25, 0.3) is 0 Å². The van der Waals surface area contributed by atoms with Crippen LogP contribution in [0.4, 0.5) is 10.1 Å². The maximum atomic E-state index is 13.2. The van der Waals surface area contributed by atoms with E-state index in [-0.39, 0.29) is 11.3 Å². The van der Waals surface area contributed by atoms with E-state index in [1.54, 1.807) is 0 Å². The molecular formula is C14H11FN2O. The van der Waals surface area contributed by atoms with Crippen LogP contribution in [0.25, 0.3) is 0 Å². The Hall–Kier alpha value is -2.54. The third-order valence-corrected chi connectivity index (χ3v) is 2.46. The Morgan fingerprint density at radius 2 is 1.94 bits per heavy atom. The number of nitrogens with zero attached hydrogens (tertiary/aromatic N) is 1. The van der Waals surface area contributed by atoms with Crippen molar-refractivity contribution in [3.63, 3.8) is 0 Å². The average molecular weight is 242 g/mol. The minimum absolute atomic E-state index is 0.0305. The van der Waals surface area contributed by atoms with Crippen molar-refractivity contribution in [2.24, 2.45) is 0 Å². The van der Waals surface area contributed by atoms with Gasteiger partial charge in [-0.25, -0.2) is 4.39 Å². The highest BCUT2D eigenvalue weighted by Gasteiger charge is 2.09. The molecule has 4 heteroatoms. The molecule has 18 heavy (non-hydrogen) atoms. The van der Waals surface area contributed by atoms with E-state index in [2.05, 4.69) is 0 Å². The van der Waals surface area contributed by atoms with Gasteiger partial charge >= 0.3 is 0 Å². The van der Waals surface area contributed by atoms with Crippen molar-refractivity contribution in [1.29, 1.82) is 5.26 Å². The van der Waals surface area contributed by atoms with Gasteiger partial charge < -0.3 is 10.5 Å². The number of hydrogen-bond donors (Lipinski definition) is 1. The first-order valence-corrected chi connectivity index (χ1v) is 5.36. The van der Waals surface area contributed by atoms with Crippen LogP contribution < -0.4 is 10.5 Å². The lowest BCUT2D eigenvalue weighted by atomic mass is 10.2. The van der Waals surface area contributed by atoms with Gasteiger partial charge in [0.15, 0.2) is 0 Å². The van der Waals surface area contributed by atoms with Gasteiger partial charge in [-0.15, -0.1) is 0 Å². The number of rotatable bonds is 3. The number of anilines is 1. The van der Waals surface area contributed by atoms with Crippen LogP contribution in [-0.2, 0) is 6.61 Å². The standard InChI is InChI=1S/C14H11FN2O/c15-12-6-11(8-16)14(7-13(12)17)18-9-10-4-2-1-3-5-10/h1-7H,9,17H2. The first kappa shape index (κ1) is 11.9. The molecule has 0 heterocycles. The zero-order chi connectivity index (χ0) is 13.0. The fraction of sp³-hybridized carbons (Fsp3) is 0.0714. The first-order valence-electron chi connectivity index (χ1n) is 5.36. The van der Waals surface area contributed by atoms with Crippen molar-refractivity contribution >= 4 is 5.69 Å². The number of halogens is 1. The minimum atomic E-state index is -0.612. The number of hydrogen-bond acceptors (Lipinski definition) is 3. The maximum Gasteiger partial charge on any atom is 0.147 e.